The van der Waals surface area contributed by atoms with E-state index in [1.165, 1.54) is 4.68 Å². The van der Waals surface area contributed by atoms with Crippen molar-refractivity contribution in [2.45, 2.75) is 0 Å². The van der Waals surface area contributed by atoms with Crippen LogP contribution in [0.2, 0.25) is 5.02 Å². The smallest absolute Gasteiger partial charge is 0.172 e. The van der Waals surface area contributed by atoms with Crippen LogP contribution in [0, 0.1) is 0 Å². The molecule has 4 rings (SSSR count). The van der Waals surface area contributed by atoms with Gasteiger partial charge in [-0.05, 0) is 24.3 Å². The molecule has 0 aliphatic rings. The van der Waals surface area contributed by atoms with Crippen molar-refractivity contribution in [2.24, 2.45) is 0 Å². The molecule has 2 aromatic heterocycles. The number of hydrogen-bond acceptors (Lipinski definition) is 4. The summed E-state index contributed by atoms with van der Waals surface area (Å²) in [5.74, 6) is 0.962. The summed E-state index contributed by atoms with van der Waals surface area (Å²) >= 11 is 6.18. The molecule has 0 bridgehead atoms. The Labute approximate surface area is 130 Å². The second kappa shape index (κ2) is 4.85. The average Bonchev–Trinajstić information content (AvgIpc) is 3.11. The van der Waals surface area contributed by atoms with Crippen LogP contribution in [0.15, 0.2) is 48.5 Å². The van der Waals surface area contributed by atoms with Gasteiger partial charge in [0.25, 0.3) is 0 Å². The van der Waals surface area contributed by atoms with E-state index in [4.69, 9.17) is 17.3 Å². The van der Waals surface area contributed by atoms with Crippen LogP contribution < -0.4 is 5.73 Å². The number of anilines is 1. The summed E-state index contributed by atoms with van der Waals surface area (Å²) < 4.78 is 1.50. The molecule has 0 saturated heterocycles. The summed E-state index contributed by atoms with van der Waals surface area (Å²) in [5, 5.41) is 8.78. The van der Waals surface area contributed by atoms with E-state index in [9.17, 15) is 0 Å². The highest BCUT2D eigenvalue weighted by Gasteiger charge is 2.17. The first kappa shape index (κ1) is 12.8. The molecule has 0 unspecified atom stereocenters. The SMILES string of the molecule is Nc1c(-c2nc3ccccc3[nH]2)nnn1-c1ccccc1Cl. The van der Waals surface area contributed by atoms with Gasteiger partial charge in [0.1, 0.15) is 0 Å². The van der Waals surface area contributed by atoms with E-state index in [1.807, 2.05) is 42.5 Å². The molecule has 0 aliphatic carbocycles. The van der Waals surface area contributed by atoms with Crippen molar-refractivity contribution in [3.63, 3.8) is 0 Å². The minimum absolute atomic E-state index is 0.382. The molecule has 4 aromatic rings. The minimum Gasteiger partial charge on any atom is -0.382 e. The van der Waals surface area contributed by atoms with Crippen LogP contribution in [0.25, 0.3) is 28.2 Å². The van der Waals surface area contributed by atoms with E-state index in [0.717, 1.165) is 11.0 Å². The Kier molecular flexibility index (Phi) is 2.83. The van der Waals surface area contributed by atoms with Crippen molar-refractivity contribution >= 4 is 28.5 Å². The fourth-order valence-corrected chi connectivity index (χ4v) is 2.54. The Bertz CT molecular complexity index is 938. The molecule has 0 aliphatic heterocycles. The van der Waals surface area contributed by atoms with Crippen LogP contribution in [0.1, 0.15) is 0 Å². The maximum atomic E-state index is 6.18. The van der Waals surface area contributed by atoms with E-state index in [-0.39, 0.29) is 0 Å². The Morgan fingerprint density at radius 1 is 1.05 bits per heavy atom. The first-order valence-corrected chi connectivity index (χ1v) is 7.03. The molecule has 108 valence electrons. The first-order valence-electron chi connectivity index (χ1n) is 6.65. The Hall–Kier alpha value is -2.86. The molecule has 2 heterocycles. The summed E-state index contributed by atoms with van der Waals surface area (Å²) in [6.07, 6.45) is 0. The van der Waals surface area contributed by atoms with Gasteiger partial charge in [0.2, 0.25) is 0 Å². The number of nitrogens with two attached hydrogens (primary N) is 1. The highest BCUT2D eigenvalue weighted by atomic mass is 35.5. The number of fused-ring (bicyclic) bond motifs is 1. The Morgan fingerprint density at radius 3 is 2.64 bits per heavy atom. The summed E-state index contributed by atoms with van der Waals surface area (Å²) in [6, 6.07) is 15.0. The van der Waals surface area contributed by atoms with Crippen LogP contribution in [0.5, 0.6) is 0 Å². The summed E-state index contributed by atoms with van der Waals surface area (Å²) in [5.41, 5.74) is 9.12. The lowest BCUT2D eigenvalue weighted by Gasteiger charge is -2.04. The summed E-state index contributed by atoms with van der Waals surface area (Å²) in [6.45, 7) is 0. The van der Waals surface area contributed by atoms with Crippen molar-refractivity contribution < 1.29 is 0 Å². The summed E-state index contributed by atoms with van der Waals surface area (Å²) in [4.78, 5) is 7.68. The predicted molar refractivity (Wildman–Crippen MR) is 85.9 cm³/mol. The zero-order chi connectivity index (χ0) is 15.1. The minimum atomic E-state index is 0.382. The first-order chi connectivity index (χ1) is 10.7. The lowest BCUT2D eigenvalue weighted by molar-refractivity contribution is 0.810. The molecule has 3 N–H and O–H groups in total. The number of imidazole rings is 1. The number of benzene rings is 2. The van der Waals surface area contributed by atoms with Gasteiger partial charge in [0.15, 0.2) is 17.3 Å². The van der Waals surface area contributed by atoms with E-state index < -0.39 is 0 Å². The largest absolute Gasteiger partial charge is 0.382 e. The molecule has 0 amide bonds. The van der Waals surface area contributed by atoms with Gasteiger partial charge >= 0.3 is 0 Å². The van der Waals surface area contributed by atoms with E-state index in [0.29, 0.717) is 28.0 Å². The number of aromatic amines is 1. The van der Waals surface area contributed by atoms with Gasteiger partial charge in [0.05, 0.1) is 21.7 Å². The number of hydrogen-bond donors (Lipinski definition) is 2. The number of halogens is 1. The quantitative estimate of drug-likeness (QED) is 0.596. The van der Waals surface area contributed by atoms with Gasteiger partial charge in [-0.25, -0.2) is 4.98 Å². The second-order valence-electron chi connectivity index (χ2n) is 4.79. The normalized spacial score (nSPS) is 11.1. The fraction of sp³-hybridized carbons (Fsp3) is 0. The number of H-pyrrole nitrogens is 1. The topological polar surface area (TPSA) is 85.4 Å². The fourth-order valence-electron chi connectivity index (χ4n) is 2.32. The monoisotopic (exact) mass is 310 g/mol. The van der Waals surface area contributed by atoms with Gasteiger partial charge in [-0.2, -0.15) is 4.68 Å². The van der Waals surface area contributed by atoms with Crippen molar-refractivity contribution in [1.82, 2.24) is 25.0 Å². The third-order valence-corrected chi connectivity index (χ3v) is 3.72. The van der Waals surface area contributed by atoms with Crippen LogP contribution in [0.4, 0.5) is 5.82 Å². The highest BCUT2D eigenvalue weighted by Crippen LogP contribution is 2.27. The number of aromatic nitrogens is 5. The highest BCUT2D eigenvalue weighted by molar-refractivity contribution is 6.32. The molecule has 0 fully saturated rings. The standard InChI is InChI=1S/C15H11ClN6/c16-9-5-1-4-8-12(9)22-14(17)13(20-21-22)15-18-10-6-2-3-7-11(10)19-15/h1-8H,17H2,(H,18,19). The molecule has 22 heavy (non-hydrogen) atoms. The third kappa shape index (κ3) is 1.93. The van der Waals surface area contributed by atoms with Crippen LogP contribution in [-0.4, -0.2) is 25.0 Å². The maximum Gasteiger partial charge on any atom is 0.172 e. The van der Waals surface area contributed by atoms with Gasteiger partial charge in [0, 0.05) is 0 Å². The lowest BCUT2D eigenvalue weighted by atomic mass is 10.3. The van der Waals surface area contributed by atoms with Crippen molar-refractivity contribution in [3.05, 3.63) is 53.6 Å². The number of para-hydroxylation sites is 3. The van der Waals surface area contributed by atoms with Crippen LogP contribution in [0.3, 0.4) is 0 Å². The molecular formula is C15H11ClN6. The van der Waals surface area contributed by atoms with Gasteiger partial charge in [-0.3, -0.25) is 0 Å². The number of rotatable bonds is 2. The van der Waals surface area contributed by atoms with Gasteiger partial charge < -0.3 is 10.7 Å². The van der Waals surface area contributed by atoms with Gasteiger partial charge in [-0.1, -0.05) is 41.1 Å². The molecule has 0 atom stereocenters. The van der Waals surface area contributed by atoms with Crippen molar-refractivity contribution in [2.75, 3.05) is 5.73 Å². The number of nitrogens with zero attached hydrogens (tertiary/aromatic N) is 4. The van der Waals surface area contributed by atoms with E-state index in [1.54, 1.807) is 6.07 Å². The number of nitrogens with one attached hydrogen (secondary N) is 1. The van der Waals surface area contributed by atoms with E-state index in [2.05, 4.69) is 20.3 Å². The Balaban J connectivity index is 1.86. The lowest BCUT2D eigenvalue weighted by Crippen LogP contribution is -2.03. The molecule has 0 radical (unpaired) electrons. The van der Waals surface area contributed by atoms with Crippen LogP contribution >= 0.6 is 11.6 Å². The third-order valence-electron chi connectivity index (χ3n) is 3.40. The predicted octanol–water partition coefficient (Wildman–Crippen LogP) is 3.05. The summed E-state index contributed by atoms with van der Waals surface area (Å²) in [7, 11) is 0. The molecule has 2 aromatic carbocycles. The molecule has 0 saturated carbocycles. The average molecular weight is 311 g/mol. The second-order valence-corrected chi connectivity index (χ2v) is 5.20. The van der Waals surface area contributed by atoms with Crippen molar-refractivity contribution in [1.29, 1.82) is 0 Å². The zero-order valence-electron chi connectivity index (χ0n) is 11.4. The molecule has 0 spiro atoms. The maximum absolute atomic E-state index is 6.18. The molecule has 7 heteroatoms. The molecule has 6 nitrogen and oxygen atoms in total. The van der Waals surface area contributed by atoms with Crippen molar-refractivity contribution in [3.8, 4) is 17.2 Å². The van der Waals surface area contributed by atoms with Gasteiger partial charge in [-0.15, -0.1) is 5.10 Å². The van der Waals surface area contributed by atoms with E-state index >= 15 is 0 Å². The molecular weight excluding hydrogens is 300 g/mol. The number of nitrogen functional groups attached to an aromatic ring is 1. The van der Waals surface area contributed by atoms with Crippen LogP contribution in [-0.2, 0) is 0 Å². The Morgan fingerprint density at radius 2 is 1.82 bits per heavy atom. The zero-order valence-corrected chi connectivity index (χ0v) is 12.1.